The minimum atomic E-state index is -1.71. The summed E-state index contributed by atoms with van der Waals surface area (Å²) in [5, 5.41) is 20.5. The molecule has 0 aliphatic carbocycles. The third kappa shape index (κ3) is 4.32. The first kappa shape index (κ1) is 19.2. The van der Waals surface area contributed by atoms with Crippen LogP contribution in [0.5, 0.6) is 0 Å². The number of carbonyl (C=O) groups is 2. The molecule has 0 spiro atoms. The molecule has 1 aromatic carbocycles. The maximum Gasteiger partial charge on any atom is 0.341 e. The first-order chi connectivity index (χ1) is 10.7. The van der Waals surface area contributed by atoms with Crippen LogP contribution in [0.25, 0.3) is 0 Å². The Labute approximate surface area is 137 Å². The third-order valence-corrected chi connectivity index (χ3v) is 3.73. The van der Waals surface area contributed by atoms with Crippen LogP contribution < -0.4 is 5.32 Å². The minimum Gasteiger partial charge on any atom is -0.477 e. The second-order valence-corrected chi connectivity index (χ2v) is 5.29. The Balaban J connectivity index is 3.28. The van der Waals surface area contributed by atoms with Crippen molar-refractivity contribution in [1.29, 1.82) is 0 Å². The maximum absolute atomic E-state index is 13.8. The number of Topliss-reactive ketones (excluding diaryl/α,β-unsaturated/α-hetero) is 1. The van der Waals surface area contributed by atoms with Gasteiger partial charge in [-0.05, 0) is 28.4 Å². The summed E-state index contributed by atoms with van der Waals surface area (Å²) in [7, 11) is 0. The molecule has 5 nitrogen and oxygen atoms in total. The van der Waals surface area contributed by atoms with Gasteiger partial charge in [0.25, 0.3) is 0 Å². The van der Waals surface area contributed by atoms with Gasteiger partial charge >= 0.3 is 5.97 Å². The summed E-state index contributed by atoms with van der Waals surface area (Å²) in [5.74, 6) is -7.65. The van der Waals surface area contributed by atoms with Gasteiger partial charge < -0.3 is 15.5 Å². The van der Waals surface area contributed by atoms with Gasteiger partial charge in [-0.25, -0.2) is 18.0 Å². The Morgan fingerprint density at radius 3 is 2.43 bits per heavy atom. The molecule has 126 valence electrons. The fourth-order valence-corrected chi connectivity index (χ4v) is 1.90. The SMILES string of the molecule is CC[C@@H](CO)NC=C(C(=O)O)C(=O)c1cc(F)c(Br)c(F)c1F. The number of ketones is 1. The van der Waals surface area contributed by atoms with E-state index in [-0.39, 0.29) is 6.61 Å². The van der Waals surface area contributed by atoms with Crippen molar-refractivity contribution in [3.63, 3.8) is 0 Å². The van der Waals surface area contributed by atoms with Crippen molar-refractivity contribution in [2.24, 2.45) is 0 Å². The van der Waals surface area contributed by atoms with E-state index < -0.39 is 50.9 Å². The molecule has 9 heteroatoms. The molecule has 0 saturated heterocycles. The first-order valence-electron chi connectivity index (χ1n) is 6.42. The zero-order valence-corrected chi connectivity index (χ0v) is 13.5. The summed E-state index contributed by atoms with van der Waals surface area (Å²) in [4.78, 5) is 23.2. The number of carbonyl (C=O) groups excluding carboxylic acids is 1. The summed E-state index contributed by atoms with van der Waals surface area (Å²) in [6.45, 7) is 1.37. The van der Waals surface area contributed by atoms with E-state index in [0.29, 0.717) is 12.5 Å². The van der Waals surface area contributed by atoms with E-state index in [2.05, 4.69) is 21.2 Å². The summed E-state index contributed by atoms with van der Waals surface area (Å²) in [5.41, 5.74) is -1.97. The van der Waals surface area contributed by atoms with Gasteiger partial charge in [-0.1, -0.05) is 6.92 Å². The zero-order chi connectivity index (χ0) is 17.7. The number of carboxylic acids is 1. The Hall–Kier alpha value is -1.87. The molecule has 0 amide bonds. The molecule has 0 bridgehead atoms. The smallest absolute Gasteiger partial charge is 0.341 e. The number of rotatable bonds is 7. The van der Waals surface area contributed by atoms with Crippen LogP contribution in [0, 0.1) is 17.5 Å². The highest BCUT2D eigenvalue weighted by molar-refractivity contribution is 9.10. The normalized spacial score (nSPS) is 12.9. The van der Waals surface area contributed by atoms with E-state index in [1.54, 1.807) is 6.92 Å². The van der Waals surface area contributed by atoms with Crippen LogP contribution >= 0.6 is 15.9 Å². The largest absolute Gasteiger partial charge is 0.477 e. The highest BCUT2D eigenvalue weighted by atomic mass is 79.9. The fourth-order valence-electron chi connectivity index (χ4n) is 1.61. The van der Waals surface area contributed by atoms with Crippen LogP contribution in [-0.2, 0) is 4.79 Å². The van der Waals surface area contributed by atoms with Crippen LogP contribution in [0.1, 0.15) is 23.7 Å². The lowest BCUT2D eigenvalue weighted by Gasteiger charge is -2.13. The summed E-state index contributed by atoms with van der Waals surface area (Å²) >= 11 is 2.48. The standard InChI is InChI=1S/C14H13BrF3NO4/c1-2-6(5-20)19-4-8(14(22)23)13(21)7-3-9(16)10(15)12(18)11(7)17/h3-4,6,19-20H,2,5H2,1H3,(H,22,23)/t6-/m0/s1. The third-order valence-electron chi connectivity index (χ3n) is 3.00. The molecule has 1 atom stereocenters. The topological polar surface area (TPSA) is 86.6 Å². The highest BCUT2D eigenvalue weighted by Crippen LogP contribution is 2.26. The number of aliphatic hydroxyl groups is 1. The Morgan fingerprint density at radius 2 is 1.96 bits per heavy atom. The number of aliphatic carboxylic acids is 1. The molecular weight excluding hydrogens is 383 g/mol. The van der Waals surface area contributed by atoms with Gasteiger partial charge in [0, 0.05) is 12.2 Å². The van der Waals surface area contributed by atoms with Gasteiger partial charge in [0.05, 0.1) is 16.6 Å². The van der Waals surface area contributed by atoms with E-state index in [4.69, 9.17) is 10.2 Å². The highest BCUT2D eigenvalue weighted by Gasteiger charge is 2.27. The molecule has 0 unspecified atom stereocenters. The Kier molecular flexibility index (Phi) is 6.77. The molecule has 0 aliphatic rings. The predicted molar refractivity (Wildman–Crippen MR) is 78.4 cm³/mol. The van der Waals surface area contributed by atoms with Gasteiger partial charge in [0.15, 0.2) is 11.6 Å². The predicted octanol–water partition coefficient (Wildman–Crippen LogP) is 2.38. The van der Waals surface area contributed by atoms with Gasteiger partial charge in [-0.2, -0.15) is 0 Å². The number of hydrogen-bond donors (Lipinski definition) is 3. The molecule has 0 saturated carbocycles. The van der Waals surface area contributed by atoms with Crippen molar-refractivity contribution in [3.05, 3.63) is 45.3 Å². The average Bonchev–Trinajstić information content (AvgIpc) is 2.52. The van der Waals surface area contributed by atoms with Crippen molar-refractivity contribution in [2.75, 3.05) is 6.61 Å². The van der Waals surface area contributed by atoms with E-state index in [1.165, 1.54) is 0 Å². The summed E-state index contributed by atoms with van der Waals surface area (Å²) in [6, 6.07) is -0.120. The molecule has 1 rings (SSSR count). The maximum atomic E-state index is 13.8. The molecular formula is C14H13BrF3NO4. The molecule has 23 heavy (non-hydrogen) atoms. The minimum absolute atomic E-state index is 0.329. The lowest BCUT2D eigenvalue weighted by molar-refractivity contribution is -0.132. The molecule has 0 aliphatic heterocycles. The number of hydrogen-bond acceptors (Lipinski definition) is 4. The Bertz CT molecular complexity index is 660. The second-order valence-electron chi connectivity index (χ2n) is 4.49. The number of nitrogens with one attached hydrogen (secondary N) is 1. The van der Waals surface area contributed by atoms with Crippen molar-refractivity contribution in [1.82, 2.24) is 5.32 Å². The van der Waals surface area contributed by atoms with Crippen LogP contribution in [0.3, 0.4) is 0 Å². The van der Waals surface area contributed by atoms with Crippen LogP contribution in [0.4, 0.5) is 13.2 Å². The van der Waals surface area contributed by atoms with Gasteiger partial charge in [-0.3, -0.25) is 4.79 Å². The van der Waals surface area contributed by atoms with Gasteiger partial charge in [0.1, 0.15) is 11.4 Å². The van der Waals surface area contributed by atoms with Crippen LogP contribution in [0.15, 0.2) is 22.3 Å². The first-order valence-corrected chi connectivity index (χ1v) is 7.21. The van der Waals surface area contributed by atoms with Crippen LogP contribution in [0.2, 0.25) is 0 Å². The molecule has 0 aromatic heterocycles. The van der Waals surface area contributed by atoms with Crippen molar-refractivity contribution < 1.29 is 33.0 Å². The van der Waals surface area contributed by atoms with Gasteiger partial charge in [-0.15, -0.1) is 0 Å². The van der Waals surface area contributed by atoms with Crippen molar-refractivity contribution in [3.8, 4) is 0 Å². The molecule has 3 N–H and O–H groups in total. The number of carboxylic acid groups (broad SMARTS) is 1. The van der Waals surface area contributed by atoms with E-state index in [9.17, 15) is 22.8 Å². The monoisotopic (exact) mass is 395 g/mol. The second kappa shape index (κ2) is 8.11. The number of aliphatic hydroxyl groups excluding tert-OH is 1. The summed E-state index contributed by atoms with van der Waals surface area (Å²) in [6.07, 6.45) is 1.19. The van der Waals surface area contributed by atoms with Gasteiger partial charge in [0.2, 0.25) is 5.78 Å². The Morgan fingerprint density at radius 1 is 1.35 bits per heavy atom. The number of benzene rings is 1. The van der Waals surface area contributed by atoms with E-state index in [1.807, 2.05) is 0 Å². The zero-order valence-electron chi connectivity index (χ0n) is 11.9. The molecule has 1 aromatic rings. The van der Waals surface area contributed by atoms with E-state index >= 15 is 0 Å². The quantitative estimate of drug-likeness (QED) is 0.165. The van der Waals surface area contributed by atoms with E-state index in [0.717, 1.165) is 6.20 Å². The molecule has 0 fully saturated rings. The van der Waals surface area contributed by atoms with Crippen LogP contribution in [-0.4, -0.2) is 34.6 Å². The average molecular weight is 396 g/mol. The lowest BCUT2D eigenvalue weighted by Crippen LogP contribution is -2.29. The molecule has 0 radical (unpaired) electrons. The lowest BCUT2D eigenvalue weighted by atomic mass is 10.0. The number of halogens is 4. The van der Waals surface area contributed by atoms with Crippen molar-refractivity contribution in [2.45, 2.75) is 19.4 Å². The van der Waals surface area contributed by atoms with Crippen molar-refractivity contribution >= 4 is 27.7 Å². The fraction of sp³-hybridized carbons (Fsp3) is 0.286. The summed E-state index contributed by atoms with van der Waals surface area (Å²) < 4.78 is 39.9. The molecule has 0 heterocycles.